The highest BCUT2D eigenvalue weighted by atomic mass is 16.4. The van der Waals surface area contributed by atoms with Crippen LogP contribution >= 0.6 is 0 Å². The third kappa shape index (κ3) is 2.21. The summed E-state index contributed by atoms with van der Waals surface area (Å²) in [7, 11) is 0. The number of carbonyl (C=O) groups is 2. The summed E-state index contributed by atoms with van der Waals surface area (Å²) in [6, 6.07) is 13.9. The first-order chi connectivity index (χ1) is 10.1. The number of para-hydroxylation sites is 1. The number of rotatable bonds is 3. The van der Waals surface area contributed by atoms with Gasteiger partial charge in [0.05, 0.1) is 11.7 Å². The number of carboxylic acids is 1. The molecular weight excluding hydrogens is 266 g/mol. The van der Waals surface area contributed by atoms with Crippen molar-refractivity contribution in [2.75, 3.05) is 0 Å². The molecule has 0 bridgehead atoms. The lowest BCUT2D eigenvalue weighted by atomic mass is 10.0. The van der Waals surface area contributed by atoms with Gasteiger partial charge < -0.3 is 14.9 Å². The first-order valence-corrected chi connectivity index (χ1v) is 6.51. The number of benzene rings is 2. The molecule has 3 aromatic rings. The lowest BCUT2D eigenvalue weighted by molar-refractivity contribution is -0.254. The number of hydrogen-bond acceptors (Lipinski definition) is 3. The summed E-state index contributed by atoms with van der Waals surface area (Å²) < 4.78 is 0. The average Bonchev–Trinajstić information content (AvgIpc) is 2.86. The van der Waals surface area contributed by atoms with E-state index in [1.165, 1.54) is 0 Å². The van der Waals surface area contributed by atoms with Gasteiger partial charge in [0.1, 0.15) is 0 Å². The SMILES string of the molecule is Cc1ccc(C(=O)c2[nH]c3ccccc3c2C(=O)[O-])cc1. The summed E-state index contributed by atoms with van der Waals surface area (Å²) in [4.78, 5) is 26.8. The van der Waals surface area contributed by atoms with Crippen LogP contribution in [0, 0.1) is 6.92 Å². The zero-order chi connectivity index (χ0) is 15.0. The van der Waals surface area contributed by atoms with Crippen LogP contribution in [0.25, 0.3) is 10.9 Å². The summed E-state index contributed by atoms with van der Waals surface area (Å²) >= 11 is 0. The van der Waals surface area contributed by atoms with E-state index >= 15 is 0 Å². The molecule has 1 N–H and O–H groups in total. The molecule has 0 saturated heterocycles. The normalized spacial score (nSPS) is 10.7. The number of aromatic amines is 1. The molecule has 0 spiro atoms. The van der Waals surface area contributed by atoms with Crippen molar-refractivity contribution >= 4 is 22.7 Å². The minimum atomic E-state index is -1.36. The number of hydrogen-bond donors (Lipinski definition) is 1. The molecule has 0 amide bonds. The van der Waals surface area contributed by atoms with E-state index < -0.39 is 5.97 Å². The van der Waals surface area contributed by atoms with Crippen LogP contribution < -0.4 is 5.11 Å². The van der Waals surface area contributed by atoms with Crippen LogP contribution in [0.5, 0.6) is 0 Å². The number of aryl methyl sites for hydroxylation is 1. The summed E-state index contributed by atoms with van der Waals surface area (Å²) in [5.74, 6) is -1.71. The Hall–Kier alpha value is -2.88. The number of carboxylic acid groups (broad SMARTS) is 1. The van der Waals surface area contributed by atoms with Crippen LogP contribution in [-0.2, 0) is 0 Å². The largest absolute Gasteiger partial charge is 0.545 e. The maximum Gasteiger partial charge on any atom is 0.209 e. The highest BCUT2D eigenvalue weighted by Gasteiger charge is 2.19. The Balaban J connectivity index is 2.19. The predicted molar refractivity (Wildman–Crippen MR) is 77.2 cm³/mol. The summed E-state index contributed by atoms with van der Waals surface area (Å²) in [6.45, 7) is 1.92. The third-order valence-corrected chi connectivity index (χ3v) is 3.45. The van der Waals surface area contributed by atoms with E-state index in [-0.39, 0.29) is 17.0 Å². The Morgan fingerprint density at radius 1 is 1.00 bits per heavy atom. The summed E-state index contributed by atoms with van der Waals surface area (Å²) in [5.41, 5.74) is 2.04. The van der Waals surface area contributed by atoms with Crippen LogP contribution in [0.3, 0.4) is 0 Å². The van der Waals surface area contributed by atoms with Crippen LogP contribution in [0.1, 0.15) is 32.0 Å². The molecule has 21 heavy (non-hydrogen) atoms. The van der Waals surface area contributed by atoms with Gasteiger partial charge in [0.25, 0.3) is 0 Å². The molecule has 4 heteroatoms. The Morgan fingerprint density at radius 3 is 2.33 bits per heavy atom. The molecule has 104 valence electrons. The van der Waals surface area contributed by atoms with E-state index in [2.05, 4.69) is 4.98 Å². The van der Waals surface area contributed by atoms with Gasteiger partial charge in [-0.15, -0.1) is 0 Å². The van der Waals surface area contributed by atoms with Gasteiger partial charge in [0.2, 0.25) is 5.78 Å². The number of ketones is 1. The van der Waals surface area contributed by atoms with Gasteiger partial charge in [0.15, 0.2) is 0 Å². The van der Waals surface area contributed by atoms with E-state index in [9.17, 15) is 14.7 Å². The highest BCUT2D eigenvalue weighted by molar-refractivity contribution is 6.18. The maximum absolute atomic E-state index is 12.5. The van der Waals surface area contributed by atoms with E-state index in [1.807, 2.05) is 19.1 Å². The minimum Gasteiger partial charge on any atom is -0.545 e. The fourth-order valence-electron chi connectivity index (χ4n) is 2.37. The molecule has 0 unspecified atom stereocenters. The van der Waals surface area contributed by atoms with Gasteiger partial charge >= 0.3 is 0 Å². The van der Waals surface area contributed by atoms with Crippen molar-refractivity contribution in [3.63, 3.8) is 0 Å². The Morgan fingerprint density at radius 2 is 1.67 bits per heavy atom. The first-order valence-electron chi connectivity index (χ1n) is 6.51. The van der Waals surface area contributed by atoms with E-state index in [1.54, 1.807) is 36.4 Å². The minimum absolute atomic E-state index is 0.0556. The van der Waals surface area contributed by atoms with Gasteiger partial charge in [-0.3, -0.25) is 4.79 Å². The van der Waals surface area contributed by atoms with Crippen molar-refractivity contribution in [3.05, 3.63) is 70.9 Å². The topological polar surface area (TPSA) is 73.0 Å². The molecule has 3 rings (SSSR count). The average molecular weight is 278 g/mol. The number of carbonyl (C=O) groups excluding carboxylic acids is 2. The smallest absolute Gasteiger partial charge is 0.209 e. The van der Waals surface area contributed by atoms with Crippen LogP contribution in [-0.4, -0.2) is 16.7 Å². The Labute approximate surface area is 121 Å². The van der Waals surface area contributed by atoms with Gasteiger partial charge in [-0.05, 0) is 13.0 Å². The first kappa shape index (κ1) is 13.1. The fourth-order valence-corrected chi connectivity index (χ4v) is 2.37. The molecule has 0 atom stereocenters. The third-order valence-electron chi connectivity index (χ3n) is 3.45. The van der Waals surface area contributed by atoms with E-state index in [4.69, 9.17) is 0 Å². The van der Waals surface area contributed by atoms with Crippen molar-refractivity contribution in [1.82, 2.24) is 4.98 Å². The van der Waals surface area contributed by atoms with Crippen LogP contribution in [0.2, 0.25) is 0 Å². The molecule has 1 aromatic heterocycles. The van der Waals surface area contributed by atoms with Crippen molar-refractivity contribution in [3.8, 4) is 0 Å². The van der Waals surface area contributed by atoms with Crippen molar-refractivity contribution in [2.45, 2.75) is 6.92 Å². The number of fused-ring (bicyclic) bond motifs is 1. The van der Waals surface area contributed by atoms with E-state index in [0.717, 1.165) is 5.56 Å². The van der Waals surface area contributed by atoms with Gasteiger partial charge in [-0.1, -0.05) is 48.0 Å². The zero-order valence-corrected chi connectivity index (χ0v) is 11.3. The lowest BCUT2D eigenvalue weighted by Crippen LogP contribution is -2.24. The fraction of sp³-hybridized carbons (Fsp3) is 0.0588. The molecule has 0 fully saturated rings. The number of nitrogens with one attached hydrogen (secondary N) is 1. The summed E-state index contributed by atoms with van der Waals surface area (Å²) in [6.07, 6.45) is 0. The second-order valence-electron chi connectivity index (χ2n) is 4.90. The molecule has 4 nitrogen and oxygen atoms in total. The lowest BCUT2D eigenvalue weighted by Gasteiger charge is -2.05. The van der Waals surface area contributed by atoms with Gasteiger partial charge in [0, 0.05) is 22.0 Å². The summed E-state index contributed by atoms with van der Waals surface area (Å²) in [5, 5.41) is 11.9. The number of aromatic carboxylic acids is 1. The molecule has 0 saturated carbocycles. The molecule has 0 aliphatic heterocycles. The van der Waals surface area contributed by atoms with E-state index in [0.29, 0.717) is 16.5 Å². The maximum atomic E-state index is 12.5. The second-order valence-corrected chi connectivity index (χ2v) is 4.90. The standard InChI is InChI=1S/C17H13NO3/c1-10-6-8-11(9-7-10)16(19)15-14(17(20)21)12-4-2-3-5-13(12)18-15/h2-9,18H,1H3,(H,20,21)/p-1. The van der Waals surface area contributed by atoms with Gasteiger partial charge in [-0.25, -0.2) is 0 Å². The number of aromatic nitrogens is 1. The Kier molecular flexibility index (Phi) is 3.06. The van der Waals surface area contributed by atoms with Crippen molar-refractivity contribution in [2.24, 2.45) is 0 Å². The second kappa shape index (κ2) is 4.90. The molecular formula is C17H12NO3-. The molecule has 0 aliphatic carbocycles. The molecule has 1 heterocycles. The quantitative estimate of drug-likeness (QED) is 0.745. The van der Waals surface area contributed by atoms with Crippen LogP contribution in [0.15, 0.2) is 48.5 Å². The molecule has 0 radical (unpaired) electrons. The molecule has 0 aliphatic rings. The number of H-pyrrole nitrogens is 1. The van der Waals surface area contributed by atoms with Crippen LogP contribution in [0.4, 0.5) is 0 Å². The zero-order valence-electron chi connectivity index (χ0n) is 11.3. The van der Waals surface area contributed by atoms with Crippen molar-refractivity contribution < 1.29 is 14.7 Å². The van der Waals surface area contributed by atoms with Crippen molar-refractivity contribution in [1.29, 1.82) is 0 Å². The highest BCUT2D eigenvalue weighted by Crippen LogP contribution is 2.24. The Bertz CT molecular complexity index is 844. The van der Waals surface area contributed by atoms with Gasteiger partial charge in [-0.2, -0.15) is 0 Å². The predicted octanol–water partition coefficient (Wildman–Crippen LogP) is 2.07. The molecule has 2 aromatic carbocycles. The monoisotopic (exact) mass is 278 g/mol.